The van der Waals surface area contributed by atoms with E-state index in [0.717, 1.165) is 0 Å². The van der Waals surface area contributed by atoms with E-state index in [9.17, 15) is 9.59 Å². The summed E-state index contributed by atoms with van der Waals surface area (Å²) in [5, 5.41) is 7.56. The first-order valence-electron chi connectivity index (χ1n) is 2.37. The summed E-state index contributed by atoms with van der Waals surface area (Å²) in [5.41, 5.74) is 0. The predicted molar refractivity (Wildman–Crippen MR) is 42.1 cm³/mol. The number of alkyl halides is 2. The number of carboxylic acids is 1. The van der Waals surface area contributed by atoms with Gasteiger partial charge in [-0.2, -0.15) is 0 Å². The van der Waals surface area contributed by atoms with E-state index in [1.807, 2.05) is 0 Å². The van der Waals surface area contributed by atoms with Crippen molar-refractivity contribution in [3.63, 3.8) is 0 Å². The van der Waals surface area contributed by atoms with E-state index < -0.39 is 21.6 Å². The summed E-state index contributed by atoms with van der Waals surface area (Å²) in [6, 6.07) is 0. The molecule has 0 saturated heterocycles. The number of allylic oxidation sites excluding steroid dienone is 1. The van der Waals surface area contributed by atoms with Crippen molar-refractivity contribution < 1.29 is 14.7 Å². The Morgan fingerprint density at radius 2 is 1.82 bits per heavy atom. The molecule has 0 bridgehead atoms. The third kappa shape index (κ3) is 4.24. The van der Waals surface area contributed by atoms with E-state index in [1.54, 1.807) is 0 Å². The van der Waals surface area contributed by atoms with Crippen LogP contribution in [-0.2, 0) is 9.59 Å². The topological polar surface area (TPSA) is 54.4 Å². The zero-order valence-electron chi connectivity index (χ0n) is 5.05. The lowest BCUT2D eigenvalue weighted by molar-refractivity contribution is -0.132. The van der Waals surface area contributed by atoms with E-state index in [2.05, 4.69) is 0 Å². The number of carbonyl (C=O) groups is 2. The number of hydrogen-bond donors (Lipinski definition) is 1. The Hall–Kier alpha value is -0.250. The molecular formula is C5H3Cl3O3. The molecule has 0 heterocycles. The molecule has 0 saturated carbocycles. The van der Waals surface area contributed by atoms with E-state index in [4.69, 9.17) is 39.9 Å². The number of carbonyl (C=O) groups excluding carboxylic acids is 1. The van der Waals surface area contributed by atoms with Gasteiger partial charge >= 0.3 is 5.97 Å². The van der Waals surface area contributed by atoms with Crippen molar-refractivity contribution >= 4 is 46.6 Å². The summed E-state index contributed by atoms with van der Waals surface area (Å²) in [6.07, 6.45) is 0.661. The van der Waals surface area contributed by atoms with Crippen molar-refractivity contribution in [2.45, 2.75) is 4.84 Å². The fourth-order valence-corrected chi connectivity index (χ4v) is 0.483. The van der Waals surface area contributed by atoms with Crippen LogP contribution in [0.25, 0.3) is 0 Å². The van der Waals surface area contributed by atoms with Crippen LogP contribution in [0.5, 0.6) is 0 Å². The van der Waals surface area contributed by atoms with Gasteiger partial charge in [-0.15, -0.1) is 0 Å². The Labute approximate surface area is 77.5 Å². The van der Waals surface area contributed by atoms with Gasteiger partial charge in [0.05, 0.1) is 0 Å². The average molecular weight is 217 g/mol. The van der Waals surface area contributed by atoms with Crippen molar-refractivity contribution in [2.24, 2.45) is 0 Å². The summed E-state index contributed by atoms with van der Waals surface area (Å²) in [5.74, 6) is -2.14. The van der Waals surface area contributed by atoms with E-state index in [0.29, 0.717) is 6.08 Å². The van der Waals surface area contributed by atoms with Gasteiger partial charge in [-0.25, -0.2) is 4.79 Å². The molecule has 0 aliphatic carbocycles. The van der Waals surface area contributed by atoms with Gasteiger partial charge in [-0.1, -0.05) is 34.8 Å². The number of aliphatic carboxylic acids is 1. The molecule has 0 aliphatic rings. The van der Waals surface area contributed by atoms with Crippen LogP contribution in [0.15, 0.2) is 11.1 Å². The number of carboxylic acid groups (broad SMARTS) is 1. The Kier molecular flexibility index (Phi) is 4.49. The molecule has 0 rings (SSSR count). The second-order valence-electron chi connectivity index (χ2n) is 1.50. The monoisotopic (exact) mass is 216 g/mol. The Morgan fingerprint density at radius 1 is 1.36 bits per heavy atom. The molecule has 6 heteroatoms. The average Bonchev–Trinajstić information content (AvgIpc) is 1.87. The molecule has 0 atom stereocenters. The lowest BCUT2D eigenvalue weighted by atomic mass is 10.4. The molecule has 0 unspecified atom stereocenters. The van der Waals surface area contributed by atoms with Gasteiger partial charge in [0, 0.05) is 6.08 Å². The highest BCUT2D eigenvalue weighted by Crippen LogP contribution is 2.08. The van der Waals surface area contributed by atoms with Crippen molar-refractivity contribution in [1.29, 1.82) is 0 Å². The summed E-state index contributed by atoms with van der Waals surface area (Å²) in [7, 11) is 0. The van der Waals surface area contributed by atoms with E-state index in [-0.39, 0.29) is 0 Å². The Bertz CT molecular complexity index is 209. The van der Waals surface area contributed by atoms with Gasteiger partial charge in [-0.05, 0) is 0 Å². The normalized spacial score (nSPS) is 11.8. The minimum Gasteiger partial charge on any atom is -0.477 e. The molecule has 0 aromatic heterocycles. The summed E-state index contributed by atoms with van der Waals surface area (Å²) < 4.78 is 0. The summed E-state index contributed by atoms with van der Waals surface area (Å²) in [6.45, 7) is 0. The SMILES string of the molecule is O=C(O)C(Cl)=CC(=O)C(Cl)Cl. The summed E-state index contributed by atoms with van der Waals surface area (Å²) >= 11 is 15.3. The first-order chi connectivity index (χ1) is 4.95. The van der Waals surface area contributed by atoms with Crippen LogP contribution < -0.4 is 0 Å². The second kappa shape index (κ2) is 4.59. The van der Waals surface area contributed by atoms with Crippen molar-refractivity contribution in [1.82, 2.24) is 0 Å². The van der Waals surface area contributed by atoms with E-state index >= 15 is 0 Å². The maximum atomic E-state index is 10.6. The van der Waals surface area contributed by atoms with Gasteiger partial charge in [0.2, 0.25) is 0 Å². The lowest BCUT2D eigenvalue weighted by Crippen LogP contribution is -2.06. The van der Waals surface area contributed by atoms with Crippen LogP contribution >= 0.6 is 34.8 Å². The van der Waals surface area contributed by atoms with Crippen LogP contribution in [0, 0.1) is 0 Å². The molecule has 1 N–H and O–H groups in total. The van der Waals surface area contributed by atoms with Crippen LogP contribution in [0.2, 0.25) is 0 Å². The number of rotatable bonds is 3. The zero-order chi connectivity index (χ0) is 9.02. The maximum Gasteiger partial charge on any atom is 0.347 e. The molecule has 0 radical (unpaired) electrons. The van der Waals surface area contributed by atoms with Gasteiger partial charge in [0.1, 0.15) is 5.03 Å². The molecule has 11 heavy (non-hydrogen) atoms. The van der Waals surface area contributed by atoms with Gasteiger partial charge in [0.15, 0.2) is 10.6 Å². The lowest BCUT2D eigenvalue weighted by Gasteiger charge is -1.92. The molecule has 0 amide bonds. The quantitative estimate of drug-likeness (QED) is 0.577. The first-order valence-corrected chi connectivity index (χ1v) is 3.62. The summed E-state index contributed by atoms with van der Waals surface area (Å²) in [4.78, 5) is 19.3. The second-order valence-corrected chi connectivity index (χ2v) is 3.00. The standard InChI is InChI=1S/C5H3Cl3O3/c6-2(5(10)11)1-3(9)4(7)8/h1,4H,(H,10,11). The van der Waals surface area contributed by atoms with Gasteiger partial charge in [-0.3, -0.25) is 4.79 Å². The predicted octanol–water partition coefficient (Wildman–Crippen LogP) is 1.57. The highest BCUT2D eigenvalue weighted by molar-refractivity contribution is 6.55. The molecule has 3 nitrogen and oxygen atoms in total. The third-order valence-corrected chi connectivity index (χ3v) is 1.39. The fraction of sp³-hybridized carbons (Fsp3) is 0.200. The number of hydrogen-bond acceptors (Lipinski definition) is 2. The molecule has 0 aliphatic heterocycles. The number of halogens is 3. The largest absolute Gasteiger partial charge is 0.477 e. The molecule has 62 valence electrons. The van der Waals surface area contributed by atoms with Crippen molar-refractivity contribution in [3.05, 3.63) is 11.1 Å². The third-order valence-electron chi connectivity index (χ3n) is 0.688. The highest BCUT2D eigenvalue weighted by Gasteiger charge is 2.12. The smallest absolute Gasteiger partial charge is 0.347 e. The van der Waals surface area contributed by atoms with Crippen LogP contribution in [0.1, 0.15) is 0 Å². The molecule has 0 aromatic rings. The molecule has 0 spiro atoms. The first kappa shape index (κ1) is 10.8. The Balaban J connectivity index is 4.32. The van der Waals surface area contributed by atoms with Gasteiger partial charge < -0.3 is 5.11 Å². The van der Waals surface area contributed by atoms with Crippen LogP contribution in [0.4, 0.5) is 0 Å². The number of ketones is 1. The fourth-order valence-electron chi connectivity index (χ4n) is 0.250. The van der Waals surface area contributed by atoms with Crippen LogP contribution in [0.3, 0.4) is 0 Å². The molecular weight excluding hydrogens is 214 g/mol. The van der Waals surface area contributed by atoms with Crippen molar-refractivity contribution in [2.75, 3.05) is 0 Å². The minimum atomic E-state index is -1.39. The highest BCUT2D eigenvalue weighted by atomic mass is 35.5. The maximum absolute atomic E-state index is 10.6. The van der Waals surface area contributed by atoms with Crippen LogP contribution in [-0.4, -0.2) is 21.7 Å². The Morgan fingerprint density at radius 3 is 2.09 bits per heavy atom. The van der Waals surface area contributed by atoms with E-state index in [1.165, 1.54) is 0 Å². The molecule has 0 aromatic carbocycles. The van der Waals surface area contributed by atoms with Gasteiger partial charge in [0.25, 0.3) is 0 Å². The minimum absolute atomic E-state index is 0.610. The zero-order valence-corrected chi connectivity index (χ0v) is 7.32. The molecule has 0 fully saturated rings. The van der Waals surface area contributed by atoms with Crippen molar-refractivity contribution in [3.8, 4) is 0 Å².